The molecular formula is C14H13IN2O3. The van der Waals surface area contributed by atoms with Gasteiger partial charge in [-0.2, -0.15) is 0 Å². The van der Waals surface area contributed by atoms with E-state index in [0.29, 0.717) is 25.1 Å². The Kier molecular flexibility index (Phi) is 3.27. The third-order valence-electron chi connectivity index (χ3n) is 3.97. The molecule has 0 bridgehead atoms. The Morgan fingerprint density at radius 3 is 2.55 bits per heavy atom. The Morgan fingerprint density at radius 1 is 1.25 bits per heavy atom. The van der Waals surface area contributed by atoms with Crippen molar-refractivity contribution in [2.24, 2.45) is 5.41 Å². The van der Waals surface area contributed by atoms with Crippen LogP contribution in [0.3, 0.4) is 0 Å². The SMILES string of the molecule is O=C1CC2(CCN(C(=O)c3ccc(I)cc3)C2)C(=O)N1. The second-order valence-corrected chi connectivity index (χ2v) is 6.56. The molecule has 2 fully saturated rings. The first-order valence-corrected chi connectivity index (χ1v) is 7.47. The molecule has 1 aromatic carbocycles. The second kappa shape index (κ2) is 4.83. The number of carbonyl (C=O) groups excluding carboxylic acids is 3. The van der Waals surface area contributed by atoms with Gasteiger partial charge >= 0.3 is 0 Å². The number of hydrogen-bond donors (Lipinski definition) is 1. The summed E-state index contributed by atoms with van der Waals surface area (Å²) in [5.41, 5.74) is -0.0807. The van der Waals surface area contributed by atoms with E-state index in [1.165, 1.54) is 0 Å². The van der Waals surface area contributed by atoms with Crippen LogP contribution >= 0.6 is 22.6 Å². The minimum absolute atomic E-state index is 0.0783. The fourth-order valence-electron chi connectivity index (χ4n) is 2.84. The van der Waals surface area contributed by atoms with Crippen LogP contribution in [0.1, 0.15) is 23.2 Å². The highest BCUT2D eigenvalue weighted by Crippen LogP contribution is 2.38. The lowest BCUT2D eigenvalue weighted by Crippen LogP contribution is -2.36. The van der Waals surface area contributed by atoms with E-state index in [0.717, 1.165) is 3.57 Å². The molecule has 0 radical (unpaired) electrons. The molecule has 2 heterocycles. The topological polar surface area (TPSA) is 66.5 Å². The molecule has 1 unspecified atom stereocenters. The molecular weight excluding hydrogens is 371 g/mol. The molecule has 0 aliphatic carbocycles. The quantitative estimate of drug-likeness (QED) is 0.584. The summed E-state index contributed by atoms with van der Waals surface area (Å²) in [4.78, 5) is 37.3. The highest BCUT2D eigenvalue weighted by molar-refractivity contribution is 14.1. The molecule has 2 aliphatic rings. The van der Waals surface area contributed by atoms with Crippen molar-refractivity contribution in [3.05, 3.63) is 33.4 Å². The van der Waals surface area contributed by atoms with Crippen molar-refractivity contribution in [3.63, 3.8) is 0 Å². The number of imide groups is 1. The molecule has 5 nitrogen and oxygen atoms in total. The van der Waals surface area contributed by atoms with Crippen molar-refractivity contribution in [1.82, 2.24) is 10.2 Å². The minimum Gasteiger partial charge on any atom is -0.338 e. The normalized spacial score (nSPS) is 25.4. The molecule has 6 heteroatoms. The summed E-state index contributed by atoms with van der Waals surface area (Å²) in [5, 5.41) is 2.34. The number of rotatable bonds is 1. The molecule has 1 atom stereocenters. The van der Waals surface area contributed by atoms with Crippen molar-refractivity contribution in [3.8, 4) is 0 Å². The summed E-state index contributed by atoms with van der Waals surface area (Å²) in [6.45, 7) is 0.848. The number of nitrogens with zero attached hydrogens (tertiary/aromatic N) is 1. The third-order valence-corrected chi connectivity index (χ3v) is 4.68. The van der Waals surface area contributed by atoms with Gasteiger partial charge in [-0.15, -0.1) is 0 Å². The van der Waals surface area contributed by atoms with Gasteiger partial charge in [-0.3, -0.25) is 19.7 Å². The Bertz CT molecular complexity index is 599. The first kappa shape index (κ1) is 13.5. The summed E-state index contributed by atoms with van der Waals surface area (Å²) in [5.74, 6) is -0.551. The van der Waals surface area contributed by atoms with E-state index in [4.69, 9.17) is 0 Å². The van der Waals surface area contributed by atoms with Gasteiger partial charge in [0, 0.05) is 28.6 Å². The van der Waals surface area contributed by atoms with E-state index in [1.54, 1.807) is 17.0 Å². The van der Waals surface area contributed by atoms with Crippen molar-refractivity contribution in [2.75, 3.05) is 13.1 Å². The predicted octanol–water partition coefficient (Wildman–Crippen LogP) is 1.17. The first-order chi connectivity index (χ1) is 9.50. The van der Waals surface area contributed by atoms with Gasteiger partial charge in [0.25, 0.3) is 5.91 Å². The number of benzene rings is 1. The van der Waals surface area contributed by atoms with Crippen LogP contribution in [-0.4, -0.2) is 35.7 Å². The van der Waals surface area contributed by atoms with Gasteiger partial charge in [0.2, 0.25) is 11.8 Å². The van der Waals surface area contributed by atoms with Crippen molar-refractivity contribution in [1.29, 1.82) is 0 Å². The third kappa shape index (κ3) is 2.21. The van der Waals surface area contributed by atoms with Crippen LogP contribution in [0.5, 0.6) is 0 Å². The van der Waals surface area contributed by atoms with Crippen LogP contribution in [0.4, 0.5) is 0 Å². The smallest absolute Gasteiger partial charge is 0.253 e. The molecule has 3 rings (SSSR count). The number of nitrogens with one attached hydrogen (secondary N) is 1. The van der Waals surface area contributed by atoms with Crippen LogP contribution in [-0.2, 0) is 9.59 Å². The van der Waals surface area contributed by atoms with E-state index in [2.05, 4.69) is 27.9 Å². The lowest BCUT2D eigenvalue weighted by molar-refractivity contribution is -0.128. The number of carbonyl (C=O) groups is 3. The maximum absolute atomic E-state index is 12.4. The summed E-state index contributed by atoms with van der Waals surface area (Å²) < 4.78 is 1.07. The Morgan fingerprint density at radius 2 is 1.95 bits per heavy atom. The average molecular weight is 384 g/mol. The first-order valence-electron chi connectivity index (χ1n) is 6.39. The highest BCUT2D eigenvalue weighted by Gasteiger charge is 2.51. The summed E-state index contributed by atoms with van der Waals surface area (Å²) in [6.07, 6.45) is 0.753. The molecule has 1 aromatic rings. The van der Waals surface area contributed by atoms with Crippen LogP contribution in [0.15, 0.2) is 24.3 Å². The van der Waals surface area contributed by atoms with Gasteiger partial charge in [0.15, 0.2) is 0 Å². The largest absolute Gasteiger partial charge is 0.338 e. The van der Waals surface area contributed by atoms with Crippen LogP contribution in [0.25, 0.3) is 0 Å². The lowest BCUT2D eigenvalue weighted by atomic mass is 9.85. The maximum atomic E-state index is 12.4. The minimum atomic E-state index is -0.698. The molecule has 3 amide bonds. The number of likely N-dealkylation sites (tertiary alicyclic amines) is 1. The zero-order chi connectivity index (χ0) is 14.3. The van der Waals surface area contributed by atoms with E-state index in [-0.39, 0.29) is 24.1 Å². The molecule has 104 valence electrons. The van der Waals surface area contributed by atoms with Crippen LogP contribution in [0, 0.1) is 8.99 Å². The highest BCUT2D eigenvalue weighted by atomic mass is 127. The van der Waals surface area contributed by atoms with Crippen molar-refractivity contribution in [2.45, 2.75) is 12.8 Å². The second-order valence-electron chi connectivity index (χ2n) is 5.32. The van der Waals surface area contributed by atoms with E-state index in [9.17, 15) is 14.4 Å². The Labute approximate surface area is 129 Å². The predicted molar refractivity (Wildman–Crippen MR) is 79.9 cm³/mol. The van der Waals surface area contributed by atoms with Gasteiger partial charge < -0.3 is 4.90 Å². The Balaban J connectivity index is 1.77. The monoisotopic (exact) mass is 384 g/mol. The van der Waals surface area contributed by atoms with Crippen molar-refractivity contribution < 1.29 is 14.4 Å². The van der Waals surface area contributed by atoms with E-state index >= 15 is 0 Å². The molecule has 0 aromatic heterocycles. The van der Waals surface area contributed by atoms with Gasteiger partial charge in [-0.05, 0) is 53.3 Å². The summed E-state index contributed by atoms with van der Waals surface area (Å²) in [6, 6.07) is 7.33. The van der Waals surface area contributed by atoms with Crippen LogP contribution in [0.2, 0.25) is 0 Å². The van der Waals surface area contributed by atoms with Gasteiger partial charge in [0.1, 0.15) is 0 Å². The Hall–Kier alpha value is -1.44. The number of amides is 3. The lowest BCUT2D eigenvalue weighted by Gasteiger charge is -2.20. The number of hydrogen-bond acceptors (Lipinski definition) is 3. The molecule has 20 heavy (non-hydrogen) atoms. The van der Waals surface area contributed by atoms with Gasteiger partial charge in [0.05, 0.1) is 5.41 Å². The molecule has 2 aliphatic heterocycles. The van der Waals surface area contributed by atoms with Gasteiger partial charge in [-0.25, -0.2) is 0 Å². The van der Waals surface area contributed by atoms with E-state index in [1.807, 2.05) is 12.1 Å². The zero-order valence-electron chi connectivity index (χ0n) is 10.7. The molecule has 2 saturated heterocycles. The molecule has 0 saturated carbocycles. The zero-order valence-corrected chi connectivity index (χ0v) is 12.8. The molecule has 1 N–H and O–H groups in total. The standard InChI is InChI=1S/C14H13IN2O3/c15-10-3-1-9(2-4-10)12(19)17-6-5-14(8-17)7-11(18)16-13(14)20/h1-4H,5-8H2,(H,16,18,20). The fourth-order valence-corrected chi connectivity index (χ4v) is 3.20. The van der Waals surface area contributed by atoms with Crippen molar-refractivity contribution >= 4 is 40.3 Å². The van der Waals surface area contributed by atoms with Gasteiger partial charge in [-0.1, -0.05) is 0 Å². The maximum Gasteiger partial charge on any atom is 0.253 e. The molecule has 1 spiro atoms. The van der Waals surface area contributed by atoms with E-state index < -0.39 is 5.41 Å². The summed E-state index contributed by atoms with van der Waals surface area (Å²) in [7, 11) is 0. The summed E-state index contributed by atoms with van der Waals surface area (Å²) >= 11 is 2.18. The number of halogens is 1. The van der Waals surface area contributed by atoms with Crippen LogP contribution < -0.4 is 5.32 Å². The fraction of sp³-hybridized carbons (Fsp3) is 0.357. The average Bonchev–Trinajstić information content (AvgIpc) is 2.95.